The molecule has 0 saturated heterocycles. The first kappa shape index (κ1) is 18.0. The minimum Gasteiger partial charge on any atom is -0.361 e. The molecule has 0 unspecified atom stereocenters. The number of fused-ring (bicyclic) bond motifs is 2. The first-order valence-corrected chi connectivity index (χ1v) is 9.99. The topological polar surface area (TPSA) is 48.6 Å². The molecule has 0 saturated carbocycles. The molecular formula is C27H20N2O. The van der Waals surface area contributed by atoms with Crippen LogP contribution in [0.4, 0.5) is 0 Å². The average molecular weight is 388 g/mol. The maximum Gasteiger partial charge on any atom is 0.192 e. The van der Waals surface area contributed by atoms with Gasteiger partial charge in [0, 0.05) is 52.8 Å². The van der Waals surface area contributed by atoms with Crippen LogP contribution in [0.25, 0.3) is 21.8 Å². The van der Waals surface area contributed by atoms with Gasteiger partial charge < -0.3 is 9.97 Å². The molecule has 2 heterocycles. The van der Waals surface area contributed by atoms with Crippen molar-refractivity contribution in [2.24, 2.45) is 0 Å². The number of aromatic nitrogens is 2. The van der Waals surface area contributed by atoms with E-state index < -0.39 is 0 Å². The fraction of sp³-hybridized carbons (Fsp3) is 0.0741. The van der Waals surface area contributed by atoms with Gasteiger partial charge in [-0.25, -0.2) is 0 Å². The normalized spacial score (nSPS) is 10.8. The van der Waals surface area contributed by atoms with E-state index in [0.717, 1.165) is 27.7 Å². The van der Waals surface area contributed by atoms with E-state index in [1.54, 1.807) is 0 Å². The zero-order chi connectivity index (χ0) is 20.3. The fourth-order valence-corrected chi connectivity index (χ4v) is 3.75. The van der Waals surface area contributed by atoms with Gasteiger partial charge in [-0.2, -0.15) is 0 Å². The summed E-state index contributed by atoms with van der Waals surface area (Å²) in [6, 6.07) is 24.2. The van der Waals surface area contributed by atoms with Crippen LogP contribution in [0.15, 0.2) is 90.0 Å². The summed E-state index contributed by atoms with van der Waals surface area (Å²) in [7, 11) is 0. The first-order chi connectivity index (χ1) is 14.8. The third kappa shape index (κ3) is 3.64. The number of nitrogens with one attached hydrogen (secondary N) is 2. The smallest absolute Gasteiger partial charge is 0.192 e. The van der Waals surface area contributed by atoms with Gasteiger partial charge in [0.1, 0.15) is 0 Å². The molecule has 30 heavy (non-hydrogen) atoms. The number of hydrogen-bond donors (Lipinski definition) is 2. The van der Waals surface area contributed by atoms with Crippen LogP contribution in [0.1, 0.15) is 22.3 Å². The Balaban J connectivity index is 1.42. The van der Waals surface area contributed by atoms with Crippen LogP contribution in [0.3, 0.4) is 0 Å². The van der Waals surface area contributed by atoms with Crippen LogP contribution in [0.5, 0.6) is 0 Å². The van der Waals surface area contributed by atoms with Gasteiger partial charge in [0.15, 0.2) is 5.43 Å². The molecular weight excluding hydrogens is 368 g/mol. The molecule has 2 aromatic heterocycles. The van der Waals surface area contributed by atoms with Crippen molar-refractivity contribution in [2.45, 2.75) is 12.8 Å². The number of rotatable bonds is 3. The minimum absolute atomic E-state index is 0.0640. The van der Waals surface area contributed by atoms with Crippen LogP contribution < -0.4 is 5.43 Å². The SMILES string of the molecule is O=c1c(Cc2ccccc2)c[nH]c2ccc(C#CCc3ccc4[nH]ccc4c3)cc12. The second kappa shape index (κ2) is 7.77. The minimum atomic E-state index is 0.0640. The summed E-state index contributed by atoms with van der Waals surface area (Å²) in [5.41, 5.74) is 5.95. The van der Waals surface area contributed by atoms with Crippen LogP contribution in [0.2, 0.25) is 0 Å². The molecule has 0 aliphatic rings. The van der Waals surface area contributed by atoms with Crippen LogP contribution in [-0.4, -0.2) is 9.97 Å². The summed E-state index contributed by atoms with van der Waals surface area (Å²) >= 11 is 0. The molecule has 0 radical (unpaired) electrons. The Hall–Kier alpha value is -4.03. The summed E-state index contributed by atoms with van der Waals surface area (Å²) in [6.07, 6.45) is 5.05. The Labute approximate surface area is 174 Å². The van der Waals surface area contributed by atoms with Crippen LogP contribution >= 0.6 is 0 Å². The highest BCUT2D eigenvalue weighted by molar-refractivity contribution is 5.81. The van der Waals surface area contributed by atoms with Crippen LogP contribution in [0, 0.1) is 11.8 Å². The molecule has 144 valence electrons. The summed E-state index contributed by atoms with van der Waals surface area (Å²) in [5.74, 6) is 6.45. The molecule has 0 atom stereocenters. The summed E-state index contributed by atoms with van der Waals surface area (Å²) in [6.45, 7) is 0. The lowest BCUT2D eigenvalue weighted by molar-refractivity contribution is 1.14. The Morgan fingerprint density at radius 1 is 0.800 bits per heavy atom. The van der Waals surface area contributed by atoms with E-state index in [1.165, 1.54) is 10.9 Å². The molecule has 0 spiro atoms. The summed E-state index contributed by atoms with van der Waals surface area (Å²) in [5, 5.41) is 1.88. The van der Waals surface area contributed by atoms with Crippen molar-refractivity contribution in [3.05, 3.63) is 118 Å². The maximum absolute atomic E-state index is 13.0. The highest BCUT2D eigenvalue weighted by Gasteiger charge is 2.06. The number of H-pyrrole nitrogens is 2. The molecule has 3 nitrogen and oxygen atoms in total. The van der Waals surface area contributed by atoms with Crippen molar-refractivity contribution in [1.82, 2.24) is 9.97 Å². The lowest BCUT2D eigenvalue weighted by Gasteiger charge is -2.04. The van der Waals surface area contributed by atoms with E-state index in [0.29, 0.717) is 18.2 Å². The quantitative estimate of drug-likeness (QED) is 0.410. The van der Waals surface area contributed by atoms with Gasteiger partial charge in [0.05, 0.1) is 0 Å². The predicted molar refractivity (Wildman–Crippen MR) is 123 cm³/mol. The fourth-order valence-electron chi connectivity index (χ4n) is 3.75. The predicted octanol–water partition coefficient (Wildman–Crippen LogP) is 5.19. The molecule has 3 aromatic carbocycles. The van der Waals surface area contributed by atoms with Crippen molar-refractivity contribution >= 4 is 21.8 Å². The van der Waals surface area contributed by atoms with E-state index in [2.05, 4.69) is 46.1 Å². The van der Waals surface area contributed by atoms with Gasteiger partial charge in [-0.1, -0.05) is 48.2 Å². The Kier molecular flexibility index (Phi) is 4.67. The van der Waals surface area contributed by atoms with Gasteiger partial charge in [-0.3, -0.25) is 4.79 Å². The van der Waals surface area contributed by atoms with Crippen molar-refractivity contribution in [1.29, 1.82) is 0 Å². The molecule has 0 bridgehead atoms. The van der Waals surface area contributed by atoms with E-state index in [1.807, 2.05) is 60.9 Å². The van der Waals surface area contributed by atoms with Gasteiger partial charge in [-0.15, -0.1) is 0 Å². The van der Waals surface area contributed by atoms with Gasteiger partial charge in [0.25, 0.3) is 0 Å². The molecule has 5 aromatic rings. The average Bonchev–Trinajstić information content (AvgIpc) is 3.25. The number of aromatic amines is 2. The highest BCUT2D eigenvalue weighted by Crippen LogP contribution is 2.15. The lowest BCUT2D eigenvalue weighted by atomic mass is 10.0. The van der Waals surface area contributed by atoms with Crippen molar-refractivity contribution in [2.75, 3.05) is 0 Å². The second-order valence-corrected chi connectivity index (χ2v) is 7.44. The van der Waals surface area contributed by atoms with E-state index in [9.17, 15) is 4.79 Å². The standard InChI is InChI=1S/C27H20N2O/c30-27-23(16-19-5-2-1-3-6-19)18-29-26-12-10-21(17-24(26)27)8-4-7-20-9-11-25-22(15-20)13-14-28-25/h1-3,5-6,9-15,17-18,28H,7,16H2,(H,29,30). The first-order valence-electron chi connectivity index (χ1n) is 9.99. The largest absolute Gasteiger partial charge is 0.361 e. The number of benzene rings is 3. The third-order valence-electron chi connectivity index (χ3n) is 5.34. The van der Waals surface area contributed by atoms with Crippen molar-refractivity contribution in [3.8, 4) is 11.8 Å². The highest BCUT2D eigenvalue weighted by atomic mass is 16.1. The second-order valence-electron chi connectivity index (χ2n) is 7.44. The molecule has 5 rings (SSSR count). The van der Waals surface area contributed by atoms with Gasteiger partial charge in [-0.05, 0) is 52.9 Å². The van der Waals surface area contributed by atoms with Crippen LogP contribution in [-0.2, 0) is 12.8 Å². The Morgan fingerprint density at radius 3 is 2.57 bits per heavy atom. The summed E-state index contributed by atoms with van der Waals surface area (Å²) in [4.78, 5) is 19.5. The molecule has 0 aliphatic heterocycles. The van der Waals surface area contributed by atoms with E-state index in [4.69, 9.17) is 0 Å². The Morgan fingerprint density at radius 2 is 1.67 bits per heavy atom. The lowest BCUT2D eigenvalue weighted by Crippen LogP contribution is -2.10. The molecule has 3 heteroatoms. The molecule has 2 N–H and O–H groups in total. The van der Waals surface area contributed by atoms with E-state index in [-0.39, 0.29) is 5.43 Å². The zero-order valence-electron chi connectivity index (χ0n) is 16.4. The molecule has 0 fully saturated rings. The third-order valence-corrected chi connectivity index (χ3v) is 5.34. The van der Waals surface area contributed by atoms with Gasteiger partial charge >= 0.3 is 0 Å². The summed E-state index contributed by atoms with van der Waals surface area (Å²) < 4.78 is 0. The van der Waals surface area contributed by atoms with Crippen molar-refractivity contribution < 1.29 is 0 Å². The number of pyridine rings is 1. The number of hydrogen-bond acceptors (Lipinski definition) is 1. The molecule has 0 aliphatic carbocycles. The van der Waals surface area contributed by atoms with Crippen molar-refractivity contribution in [3.63, 3.8) is 0 Å². The molecule has 0 amide bonds. The van der Waals surface area contributed by atoms with Gasteiger partial charge in [0.2, 0.25) is 0 Å². The van der Waals surface area contributed by atoms with E-state index >= 15 is 0 Å². The maximum atomic E-state index is 13.0. The zero-order valence-corrected chi connectivity index (χ0v) is 16.4. The Bertz CT molecular complexity index is 1460. The monoisotopic (exact) mass is 388 g/mol.